The normalized spacial score (nSPS) is 10.5. The van der Waals surface area contributed by atoms with Crippen LogP contribution in [0.25, 0.3) is 0 Å². The lowest BCUT2D eigenvalue weighted by Crippen LogP contribution is -2.13. The lowest BCUT2D eigenvalue weighted by Gasteiger charge is -2.23. The van der Waals surface area contributed by atoms with E-state index in [1.165, 1.54) is 17.2 Å². The number of ether oxygens (including phenoxy) is 1. The van der Waals surface area contributed by atoms with E-state index in [1.54, 1.807) is 6.07 Å². The molecule has 0 fully saturated rings. The zero-order valence-corrected chi connectivity index (χ0v) is 12.9. The van der Waals surface area contributed by atoms with Crippen molar-refractivity contribution < 1.29 is 9.13 Å². The second-order valence-electron chi connectivity index (χ2n) is 5.18. The van der Waals surface area contributed by atoms with Crippen LogP contribution in [0.15, 0.2) is 30.3 Å². The highest BCUT2D eigenvalue weighted by Crippen LogP contribution is 2.34. The van der Waals surface area contributed by atoms with Gasteiger partial charge in [-0.25, -0.2) is 4.39 Å². The van der Waals surface area contributed by atoms with Crippen LogP contribution in [0.5, 0.6) is 5.75 Å². The number of hydrogen-bond acceptors (Lipinski definition) is 3. The predicted molar refractivity (Wildman–Crippen MR) is 86.0 cm³/mol. The summed E-state index contributed by atoms with van der Waals surface area (Å²) in [6.07, 6.45) is 0. The number of nitrogen functional groups attached to an aromatic ring is 1. The van der Waals surface area contributed by atoms with Gasteiger partial charge < -0.3 is 15.4 Å². The van der Waals surface area contributed by atoms with Gasteiger partial charge in [0.1, 0.15) is 0 Å². The highest BCUT2D eigenvalue weighted by molar-refractivity contribution is 5.76. The molecule has 21 heavy (non-hydrogen) atoms. The van der Waals surface area contributed by atoms with Crippen molar-refractivity contribution in [3.8, 4) is 5.75 Å². The van der Waals surface area contributed by atoms with Crippen LogP contribution >= 0.6 is 0 Å². The molecule has 0 unspecified atom stereocenters. The third kappa shape index (κ3) is 3.27. The van der Waals surface area contributed by atoms with Gasteiger partial charge in [0, 0.05) is 24.9 Å². The Morgan fingerprint density at radius 2 is 1.71 bits per heavy atom. The Morgan fingerprint density at radius 3 is 2.29 bits per heavy atom. The van der Waals surface area contributed by atoms with Crippen molar-refractivity contribution >= 4 is 17.1 Å². The standard InChI is InChI=1S/C17H21FN2O/c1-5-21-17-10-16(15(19)9-14(17)18)20(4)13-7-11(2)6-12(3)8-13/h6-10H,5,19H2,1-4H3. The largest absolute Gasteiger partial charge is 0.491 e. The average Bonchev–Trinajstić information content (AvgIpc) is 2.40. The van der Waals surface area contributed by atoms with Crippen molar-refractivity contribution in [1.82, 2.24) is 0 Å². The highest BCUT2D eigenvalue weighted by atomic mass is 19.1. The van der Waals surface area contributed by atoms with Gasteiger partial charge in [-0.15, -0.1) is 0 Å². The molecule has 0 atom stereocenters. The Balaban J connectivity index is 2.46. The van der Waals surface area contributed by atoms with Crippen molar-refractivity contribution in [1.29, 1.82) is 0 Å². The first kappa shape index (κ1) is 15.2. The van der Waals surface area contributed by atoms with Crippen LogP contribution in [-0.4, -0.2) is 13.7 Å². The number of benzene rings is 2. The monoisotopic (exact) mass is 288 g/mol. The summed E-state index contributed by atoms with van der Waals surface area (Å²) in [6, 6.07) is 9.19. The molecule has 0 aliphatic rings. The Morgan fingerprint density at radius 1 is 1.10 bits per heavy atom. The molecular formula is C17H21FN2O. The summed E-state index contributed by atoms with van der Waals surface area (Å²) >= 11 is 0. The van der Waals surface area contributed by atoms with Gasteiger partial charge in [0.05, 0.1) is 18.0 Å². The van der Waals surface area contributed by atoms with Crippen molar-refractivity contribution in [2.24, 2.45) is 0 Å². The minimum Gasteiger partial charge on any atom is -0.491 e. The first-order valence-electron chi connectivity index (χ1n) is 6.96. The summed E-state index contributed by atoms with van der Waals surface area (Å²) in [7, 11) is 1.91. The molecule has 0 aliphatic carbocycles. The molecule has 0 amide bonds. The van der Waals surface area contributed by atoms with E-state index in [2.05, 4.69) is 18.2 Å². The number of nitrogens with zero attached hydrogens (tertiary/aromatic N) is 1. The summed E-state index contributed by atoms with van der Waals surface area (Å²) in [5, 5.41) is 0. The zero-order valence-electron chi connectivity index (χ0n) is 12.9. The molecule has 0 aliphatic heterocycles. The third-order valence-corrected chi connectivity index (χ3v) is 3.34. The van der Waals surface area contributed by atoms with Gasteiger partial charge in [-0.3, -0.25) is 0 Å². The molecule has 2 aromatic carbocycles. The number of nitrogens with two attached hydrogens (primary N) is 1. The van der Waals surface area contributed by atoms with Crippen LogP contribution < -0.4 is 15.4 Å². The number of aryl methyl sites for hydroxylation is 2. The fraction of sp³-hybridized carbons (Fsp3) is 0.294. The number of rotatable bonds is 4. The predicted octanol–water partition coefficient (Wildman–Crippen LogP) is 4.19. The van der Waals surface area contributed by atoms with Crippen molar-refractivity contribution in [2.45, 2.75) is 20.8 Å². The van der Waals surface area contributed by atoms with Gasteiger partial charge in [-0.2, -0.15) is 0 Å². The molecule has 0 radical (unpaired) electrons. The van der Waals surface area contributed by atoms with E-state index in [0.717, 1.165) is 11.4 Å². The molecule has 2 N–H and O–H groups in total. The Hall–Kier alpha value is -2.23. The molecular weight excluding hydrogens is 267 g/mol. The fourth-order valence-corrected chi connectivity index (χ4v) is 2.40. The lowest BCUT2D eigenvalue weighted by atomic mass is 10.1. The summed E-state index contributed by atoms with van der Waals surface area (Å²) in [5.41, 5.74) is 10.4. The maximum absolute atomic E-state index is 13.8. The van der Waals surface area contributed by atoms with Crippen LogP contribution in [0.1, 0.15) is 18.1 Å². The molecule has 3 nitrogen and oxygen atoms in total. The van der Waals surface area contributed by atoms with Crippen LogP contribution in [0.3, 0.4) is 0 Å². The van der Waals surface area contributed by atoms with Gasteiger partial charge >= 0.3 is 0 Å². The molecule has 2 rings (SSSR count). The van der Waals surface area contributed by atoms with Crippen molar-refractivity contribution in [3.63, 3.8) is 0 Å². The fourth-order valence-electron chi connectivity index (χ4n) is 2.40. The topological polar surface area (TPSA) is 38.5 Å². The van der Waals surface area contributed by atoms with E-state index in [1.807, 2.05) is 32.7 Å². The van der Waals surface area contributed by atoms with Gasteiger partial charge in [-0.05, 0) is 44.0 Å². The number of anilines is 3. The van der Waals surface area contributed by atoms with Crippen molar-refractivity contribution in [3.05, 3.63) is 47.3 Å². The van der Waals surface area contributed by atoms with E-state index < -0.39 is 5.82 Å². The first-order chi connectivity index (χ1) is 9.92. The molecule has 0 saturated heterocycles. The second-order valence-corrected chi connectivity index (χ2v) is 5.18. The van der Waals surface area contributed by atoms with Gasteiger partial charge in [0.15, 0.2) is 11.6 Å². The molecule has 0 spiro atoms. The minimum absolute atomic E-state index is 0.220. The molecule has 4 heteroatoms. The minimum atomic E-state index is -0.438. The molecule has 112 valence electrons. The SMILES string of the molecule is CCOc1cc(N(C)c2cc(C)cc(C)c2)c(N)cc1F. The van der Waals surface area contributed by atoms with Gasteiger partial charge in [0.25, 0.3) is 0 Å². The first-order valence-corrected chi connectivity index (χ1v) is 6.96. The second kappa shape index (κ2) is 6.04. The summed E-state index contributed by atoms with van der Waals surface area (Å²) < 4.78 is 19.1. The average molecular weight is 288 g/mol. The maximum atomic E-state index is 13.8. The van der Waals surface area contributed by atoms with Crippen LogP contribution in [0.4, 0.5) is 21.5 Å². The van der Waals surface area contributed by atoms with E-state index in [4.69, 9.17) is 10.5 Å². The quantitative estimate of drug-likeness (QED) is 0.857. The van der Waals surface area contributed by atoms with Crippen molar-refractivity contribution in [2.75, 3.05) is 24.3 Å². The number of hydrogen-bond donors (Lipinski definition) is 1. The Labute approximate surface area is 125 Å². The van der Waals surface area contributed by atoms with E-state index in [0.29, 0.717) is 12.3 Å². The van der Waals surface area contributed by atoms with E-state index >= 15 is 0 Å². The molecule has 0 saturated carbocycles. The van der Waals surface area contributed by atoms with Gasteiger partial charge in [0.2, 0.25) is 0 Å². The zero-order chi connectivity index (χ0) is 15.6. The summed E-state index contributed by atoms with van der Waals surface area (Å²) in [4.78, 5) is 1.94. The molecule has 2 aromatic rings. The summed E-state index contributed by atoms with van der Waals surface area (Å²) in [6.45, 7) is 6.32. The lowest BCUT2D eigenvalue weighted by molar-refractivity contribution is 0.322. The Bertz CT molecular complexity index is 635. The van der Waals surface area contributed by atoms with E-state index in [9.17, 15) is 4.39 Å². The summed E-state index contributed by atoms with van der Waals surface area (Å²) in [5.74, 6) is -0.218. The smallest absolute Gasteiger partial charge is 0.167 e. The van der Waals surface area contributed by atoms with E-state index in [-0.39, 0.29) is 5.75 Å². The molecule has 0 aromatic heterocycles. The van der Waals surface area contributed by atoms with Crippen LogP contribution in [0, 0.1) is 19.7 Å². The third-order valence-electron chi connectivity index (χ3n) is 3.34. The highest BCUT2D eigenvalue weighted by Gasteiger charge is 2.14. The van der Waals surface area contributed by atoms with Crippen LogP contribution in [0.2, 0.25) is 0 Å². The number of halogens is 1. The maximum Gasteiger partial charge on any atom is 0.167 e. The Kier molecular flexibility index (Phi) is 4.36. The van der Waals surface area contributed by atoms with Crippen LogP contribution in [-0.2, 0) is 0 Å². The van der Waals surface area contributed by atoms with Gasteiger partial charge in [-0.1, -0.05) is 6.07 Å². The molecule has 0 bridgehead atoms. The molecule has 0 heterocycles.